The number of hydrogen-bond donors (Lipinski definition) is 1. The number of para-hydroxylation sites is 1. The van der Waals surface area contributed by atoms with Gasteiger partial charge in [-0.05, 0) is 29.8 Å². The van der Waals surface area contributed by atoms with Crippen LogP contribution < -0.4 is 4.74 Å². The lowest BCUT2D eigenvalue weighted by molar-refractivity contribution is -0.131. The van der Waals surface area contributed by atoms with E-state index in [0.717, 1.165) is 18.1 Å². The van der Waals surface area contributed by atoms with E-state index in [1.165, 1.54) is 6.08 Å². The van der Waals surface area contributed by atoms with E-state index < -0.39 is 5.97 Å². The highest BCUT2D eigenvalue weighted by Gasteiger charge is 2.06. The molecule has 0 spiro atoms. The summed E-state index contributed by atoms with van der Waals surface area (Å²) in [5.41, 5.74) is 1.75. The zero-order chi connectivity index (χ0) is 15.1. The SMILES string of the molecule is O=C(O)/C=C/c1cccc(Cl)c1OCCc1ccncc1. The molecule has 0 aliphatic rings. The van der Waals surface area contributed by atoms with Gasteiger partial charge in [-0.2, -0.15) is 0 Å². The molecule has 1 aromatic carbocycles. The maximum absolute atomic E-state index is 10.6. The largest absolute Gasteiger partial charge is 0.491 e. The lowest BCUT2D eigenvalue weighted by Gasteiger charge is -2.11. The third kappa shape index (κ3) is 4.61. The van der Waals surface area contributed by atoms with E-state index in [1.54, 1.807) is 30.6 Å². The van der Waals surface area contributed by atoms with Gasteiger partial charge in [0.15, 0.2) is 0 Å². The molecular formula is C16H14ClNO3. The van der Waals surface area contributed by atoms with E-state index in [2.05, 4.69) is 4.98 Å². The van der Waals surface area contributed by atoms with Gasteiger partial charge < -0.3 is 9.84 Å². The molecule has 0 aliphatic heterocycles. The molecule has 4 nitrogen and oxygen atoms in total. The molecule has 0 atom stereocenters. The summed E-state index contributed by atoms with van der Waals surface area (Å²) < 4.78 is 5.71. The van der Waals surface area contributed by atoms with Crippen molar-refractivity contribution in [3.05, 3.63) is 65.0 Å². The van der Waals surface area contributed by atoms with Gasteiger partial charge in [0.2, 0.25) is 0 Å². The Bertz CT molecular complexity index is 641. The minimum Gasteiger partial charge on any atom is -0.491 e. The summed E-state index contributed by atoms with van der Waals surface area (Å²) in [5, 5.41) is 9.15. The van der Waals surface area contributed by atoms with Crippen molar-refractivity contribution in [2.24, 2.45) is 0 Å². The van der Waals surface area contributed by atoms with Gasteiger partial charge in [-0.3, -0.25) is 4.98 Å². The maximum atomic E-state index is 10.6. The van der Waals surface area contributed by atoms with Crippen LogP contribution in [0.15, 0.2) is 48.8 Å². The average molecular weight is 304 g/mol. The minimum absolute atomic E-state index is 0.446. The molecule has 2 rings (SSSR count). The van der Waals surface area contributed by atoms with Gasteiger partial charge in [0, 0.05) is 30.5 Å². The van der Waals surface area contributed by atoms with Gasteiger partial charge in [0.25, 0.3) is 0 Å². The van der Waals surface area contributed by atoms with Gasteiger partial charge in [-0.25, -0.2) is 4.79 Å². The van der Waals surface area contributed by atoms with Crippen molar-refractivity contribution < 1.29 is 14.6 Å². The number of carbonyl (C=O) groups is 1. The molecule has 0 radical (unpaired) electrons. The van der Waals surface area contributed by atoms with Crippen LogP contribution in [0.2, 0.25) is 5.02 Å². The van der Waals surface area contributed by atoms with Crippen molar-refractivity contribution in [2.45, 2.75) is 6.42 Å². The Morgan fingerprint density at radius 2 is 2.05 bits per heavy atom. The van der Waals surface area contributed by atoms with Crippen molar-refractivity contribution in [1.29, 1.82) is 0 Å². The number of benzene rings is 1. The third-order valence-electron chi connectivity index (χ3n) is 2.79. The van der Waals surface area contributed by atoms with Crippen LogP contribution in [0, 0.1) is 0 Å². The molecule has 108 valence electrons. The molecule has 0 bridgehead atoms. The Morgan fingerprint density at radius 3 is 2.76 bits per heavy atom. The number of carboxylic acids is 1. The van der Waals surface area contributed by atoms with Gasteiger partial charge in [-0.15, -0.1) is 0 Å². The van der Waals surface area contributed by atoms with Gasteiger partial charge >= 0.3 is 5.97 Å². The van der Waals surface area contributed by atoms with Crippen molar-refractivity contribution in [3.8, 4) is 5.75 Å². The molecule has 1 heterocycles. The number of aliphatic carboxylic acids is 1. The molecule has 0 aliphatic carbocycles. The smallest absolute Gasteiger partial charge is 0.328 e. The highest BCUT2D eigenvalue weighted by Crippen LogP contribution is 2.29. The van der Waals surface area contributed by atoms with E-state index in [4.69, 9.17) is 21.4 Å². The van der Waals surface area contributed by atoms with Gasteiger partial charge in [0.05, 0.1) is 11.6 Å². The van der Waals surface area contributed by atoms with Crippen LogP contribution in [0.4, 0.5) is 0 Å². The lowest BCUT2D eigenvalue weighted by Crippen LogP contribution is -2.03. The van der Waals surface area contributed by atoms with E-state index in [1.807, 2.05) is 12.1 Å². The Morgan fingerprint density at radius 1 is 1.29 bits per heavy atom. The van der Waals surface area contributed by atoms with Gasteiger partial charge in [0.1, 0.15) is 5.75 Å². The third-order valence-corrected chi connectivity index (χ3v) is 3.09. The van der Waals surface area contributed by atoms with Crippen LogP contribution in [0.25, 0.3) is 6.08 Å². The molecule has 2 aromatic rings. The van der Waals surface area contributed by atoms with Crippen molar-refractivity contribution in [3.63, 3.8) is 0 Å². The Balaban J connectivity index is 2.06. The molecule has 0 amide bonds. The van der Waals surface area contributed by atoms with E-state index in [-0.39, 0.29) is 0 Å². The quantitative estimate of drug-likeness (QED) is 0.830. The van der Waals surface area contributed by atoms with E-state index in [0.29, 0.717) is 22.9 Å². The van der Waals surface area contributed by atoms with Crippen molar-refractivity contribution in [1.82, 2.24) is 4.98 Å². The average Bonchev–Trinajstić information content (AvgIpc) is 2.48. The number of rotatable bonds is 6. The number of aromatic nitrogens is 1. The Labute approximate surface area is 127 Å². The highest BCUT2D eigenvalue weighted by molar-refractivity contribution is 6.32. The summed E-state index contributed by atoms with van der Waals surface area (Å²) >= 11 is 6.11. The van der Waals surface area contributed by atoms with Crippen LogP contribution in [0.5, 0.6) is 5.75 Å². The van der Waals surface area contributed by atoms with Crippen LogP contribution in [0.1, 0.15) is 11.1 Å². The fourth-order valence-electron chi connectivity index (χ4n) is 1.79. The second-order valence-corrected chi connectivity index (χ2v) is 4.69. The molecular weight excluding hydrogens is 290 g/mol. The van der Waals surface area contributed by atoms with Gasteiger partial charge in [-0.1, -0.05) is 23.7 Å². The van der Waals surface area contributed by atoms with Crippen LogP contribution in [-0.2, 0) is 11.2 Å². The first-order chi connectivity index (χ1) is 10.2. The first kappa shape index (κ1) is 15.1. The minimum atomic E-state index is -1.02. The topological polar surface area (TPSA) is 59.4 Å². The molecule has 0 saturated heterocycles. The maximum Gasteiger partial charge on any atom is 0.328 e. The number of halogens is 1. The summed E-state index contributed by atoms with van der Waals surface area (Å²) in [6.07, 6.45) is 6.70. The molecule has 1 aromatic heterocycles. The predicted octanol–water partition coefficient (Wildman–Crippen LogP) is 3.45. The Kier molecular flexibility index (Phi) is 5.35. The zero-order valence-corrected chi connectivity index (χ0v) is 12.0. The lowest BCUT2D eigenvalue weighted by atomic mass is 10.2. The second-order valence-electron chi connectivity index (χ2n) is 4.28. The molecule has 0 unspecified atom stereocenters. The standard InChI is InChI=1S/C16H14ClNO3/c17-14-3-1-2-13(4-5-15(19)20)16(14)21-11-8-12-6-9-18-10-7-12/h1-7,9-10H,8,11H2,(H,19,20)/b5-4+. The monoisotopic (exact) mass is 303 g/mol. The fraction of sp³-hybridized carbons (Fsp3) is 0.125. The summed E-state index contributed by atoms with van der Waals surface area (Å²) in [5.74, 6) is -0.525. The molecule has 5 heteroatoms. The normalized spacial score (nSPS) is 10.7. The number of pyridine rings is 1. The zero-order valence-electron chi connectivity index (χ0n) is 11.2. The summed E-state index contributed by atoms with van der Waals surface area (Å²) in [7, 11) is 0. The first-order valence-corrected chi connectivity index (χ1v) is 6.76. The number of ether oxygens (including phenoxy) is 1. The summed E-state index contributed by atoms with van der Waals surface area (Å²) in [4.78, 5) is 14.6. The van der Waals surface area contributed by atoms with Crippen LogP contribution in [0.3, 0.4) is 0 Å². The number of nitrogens with zero attached hydrogens (tertiary/aromatic N) is 1. The molecule has 1 N–H and O–H groups in total. The van der Waals surface area contributed by atoms with Crippen molar-refractivity contribution >= 4 is 23.6 Å². The predicted molar refractivity (Wildman–Crippen MR) is 81.6 cm³/mol. The molecule has 0 saturated carbocycles. The highest BCUT2D eigenvalue weighted by atomic mass is 35.5. The number of carboxylic acid groups (broad SMARTS) is 1. The summed E-state index contributed by atoms with van der Waals surface area (Å²) in [6, 6.07) is 9.05. The fourth-order valence-corrected chi connectivity index (χ4v) is 2.03. The first-order valence-electron chi connectivity index (χ1n) is 6.38. The van der Waals surface area contributed by atoms with Crippen LogP contribution >= 0.6 is 11.6 Å². The van der Waals surface area contributed by atoms with E-state index >= 15 is 0 Å². The van der Waals surface area contributed by atoms with E-state index in [9.17, 15) is 4.79 Å². The molecule has 0 fully saturated rings. The van der Waals surface area contributed by atoms with Crippen LogP contribution in [-0.4, -0.2) is 22.7 Å². The number of hydrogen-bond acceptors (Lipinski definition) is 3. The Hall–Kier alpha value is -2.33. The van der Waals surface area contributed by atoms with Crippen molar-refractivity contribution in [2.75, 3.05) is 6.61 Å². The molecule has 21 heavy (non-hydrogen) atoms. The summed E-state index contributed by atoms with van der Waals surface area (Å²) in [6.45, 7) is 0.446. The second kappa shape index (κ2) is 7.45.